The Morgan fingerprint density at radius 1 is 1.04 bits per heavy atom. The van der Waals surface area contributed by atoms with Gasteiger partial charge in [-0.3, -0.25) is 0 Å². The Balaban J connectivity index is 1.64. The summed E-state index contributed by atoms with van der Waals surface area (Å²) in [6.07, 6.45) is 2.68. The zero-order valence-corrected chi connectivity index (χ0v) is 17.0. The van der Waals surface area contributed by atoms with E-state index in [1.54, 1.807) is 13.3 Å². The Morgan fingerprint density at radius 3 is 2.54 bits per heavy atom. The van der Waals surface area contributed by atoms with E-state index in [1.165, 1.54) is 16.7 Å². The smallest absolute Gasteiger partial charge is 0.229 e. The fraction of sp³-hybridized carbons (Fsp3) is 0.304. The number of para-hydroxylation sites is 1. The summed E-state index contributed by atoms with van der Waals surface area (Å²) >= 11 is 0. The van der Waals surface area contributed by atoms with Gasteiger partial charge in [0.05, 0.1) is 7.11 Å². The average molecular weight is 377 g/mol. The first-order valence-corrected chi connectivity index (χ1v) is 9.63. The number of nitrogens with one attached hydrogen (secondary N) is 2. The molecule has 146 valence electrons. The van der Waals surface area contributed by atoms with Crippen molar-refractivity contribution in [2.45, 2.75) is 33.1 Å². The van der Waals surface area contributed by atoms with E-state index in [0.717, 1.165) is 30.2 Å². The van der Waals surface area contributed by atoms with Gasteiger partial charge in [-0.05, 0) is 54.2 Å². The van der Waals surface area contributed by atoms with Crippen molar-refractivity contribution < 1.29 is 4.74 Å². The first-order valence-electron chi connectivity index (χ1n) is 9.63. The van der Waals surface area contributed by atoms with Gasteiger partial charge in [-0.1, -0.05) is 44.2 Å². The van der Waals surface area contributed by atoms with E-state index >= 15 is 0 Å². The minimum absolute atomic E-state index is 0.424. The second-order valence-electron chi connectivity index (χ2n) is 7.11. The third-order valence-corrected chi connectivity index (χ3v) is 4.70. The average Bonchev–Trinajstić information content (AvgIpc) is 2.70. The number of anilines is 3. The minimum atomic E-state index is 0.424. The van der Waals surface area contributed by atoms with Crippen LogP contribution in [0, 0.1) is 6.92 Å². The number of aryl methyl sites for hydroxylation is 1. The fourth-order valence-electron chi connectivity index (χ4n) is 3.10. The summed E-state index contributed by atoms with van der Waals surface area (Å²) in [4.78, 5) is 9.00. The molecular weight excluding hydrogens is 348 g/mol. The van der Waals surface area contributed by atoms with Crippen LogP contribution in [0.4, 0.5) is 17.5 Å². The first-order chi connectivity index (χ1) is 13.6. The molecule has 5 heteroatoms. The van der Waals surface area contributed by atoms with Gasteiger partial charge in [0.2, 0.25) is 5.95 Å². The van der Waals surface area contributed by atoms with Crippen molar-refractivity contribution in [3.05, 3.63) is 71.4 Å². The van der Waals surface area contributed by atoms with E-state index < -0.39 is 0 Å². The van der Waals surface area contributed by atoms with Crippen LogP contribution in [0.3, 0.4) is 0 Å². The fourth-order valence-corrected chi connectivity index (χ4v) is 3.10. The normalized spacial score (nSPS) is 10.8. The Morgan fingerprint density at radius 2 is 1.82 bits per heavy atom. The molecule has 28 heavy (non-hydrogen) atoms. The molecule has 0 saturated carbocycles. The van der Waals surface area contributed by atoms with Gasteiger partial charge in [0.25, 0.3) is 0 Å². The molecule has 2 aromatic carbocycles. The van der Waals surface area contributed by atoms with Crippen molar-refractivity contribution in [2.24, 2.45) is 0 Å². The minimum Gasteiger partial charge on any atom is -0.497 e. The lowest BCUT2D eigenvalue weighted by atomic mass is 9.98. The van der Waals surface area contributed by atoms with Gasteiger partial charge in [0.15, 0.2) is 0 Å². The lowest BCUT2D eigenvalue weighted by Crippen LogP contribution is -2.08. The maximum atomic E-state index is 5.20. The third kappa shape index (κ3) is 5.00. The second kappa shape index (κ2) is 9.22. The van der Waals surface area contributed by atoms with Gasteiger partial charge in [0.1, 0.15) is 11.6 Å². The molecular formula is C23H28N4O. The topological polar surface area (TPSA) is 59.1 Å². The van der Waals surface area contributed by atoms with Crippen molar-refractivity contribution >= 4 is 17.5 Å². The van der Waals surface area contributed by atoms with Crippen LogP contribution in [-0.4, -0.2) is 23.6 Å². The van der Waals surface area contributed by atoms with Gasteiger partial charge >= 0.3 is 0 Å². The summed E-state index contributed by atoms with van der Waals surface area (Å²) in [5.41, 5.74) is 4.80. The predicted octanol–water partition coefficient (Wildman–Crippen LogP) is 5.32. The highest BCUT2D eigenvalue weighted by Crippen LogP contribution is 2.29. The van der Waals surface area contributed by atoms with Gasteiger partial charge in [-0.25, -0.2) is 4.98 Å². The molecule has 0 radical (unpaired) electrons. The largest absolute Gasteiger partial charge is 0.497 e. The van der Waals surface area contributed by atoms with Crippen molar-refractivity contribution in [1.29, 1.82) is 0 Å². The lowest BCUT2D eigenvalue weighted by Gasteiger charge is -2.16. The molecule has 0 unspecified atom stereocenters. The van der Waals surface area contributed by atoms with Crippen molar-refractivity contribution in [3.63, 3.8) is 0 Å². The van der Waals surface area contributed by atoms with E-state index in [0.29, 0.717) is 11.9 Å². The monoisotopic (exact) mass is 376 g/mol. The highest BCUT2D eigenvalue weighted by molar-refractivity contribution is 5.64. The number of hydrogen-bond acceptors (Lipinski definition) is 5. The highest BCUT2D eigenvalue weighted by atomic mass is 16.5. The molecule has 3 aromatic rings. The van der Waals surface area contributed by atoms with Crippen LogP contribution in [0.25, 0.3) is 0 Å². The molecule has 0 bridgehead atoms. The van der Waals surface area contributed by atoms with Crippen molar-refractivity contribution in [2.75, 3.05) is 24.3 Å². The van der Waals surface area contributed by atoms with Crippen LogP contribution in [-0.2, 0) is 6.42 Å². The van der Waals surface area contributed by atoms with Crippen molar-refractivity contribution in [1.82, 2.24) is 9.97 Å². The van der Waals surface area contributed by atoms with E-state index in [9.17, 15) is 0 Å². The third-order valence-electron chi connectivity index (χ3n) is 4.70. The summed E-state index contributed by atoms with van der Waals surface area (Å²) in [5.74, 6) is 2.71. The molecule has 0 saturated heterocycles. The number of methoxy groups -OCH3 is 1. The van der Waals surface area contributed by atoms with Gasteiger partial charge in [0, 0.05) is 18.4 Å². The van der Waals surface area contributed by atoms with Crippen LogP contribution in [0.1, 0.15) is 36.5 Å². The molecule has 0 aliphatic heterocycles. The zero-order chi connectivity index (χ0) is 19.9. The molecule has 0 amide bonds. The van der Waals surface area contributed by atoms with E-state index in [4.69, 9.17) is 4.74 Å². The summed E-state index contributed by atoms with van der Waals surface area (Å²) in [5, 5.41) is 6.78. The Kier molecular flexibility index (Phi) is 6.48. The second-order valence-corrected chi connectivity index (χ2v) is 7.11. The molecule has 1 aromatic heterocycles. The molecule has 0 aliphatic carbocycles. The molecule has 0 spiro atoms. The Bertz CT molecular complexity index is 907. The quantitative estimate of drug-likeness (QED) is 0.557. The zero-order valence-electron chi connectivity index (χ0n) is 17.0. The van der Waals surface area contributed by atoms with Gasteiger partial charge in [-0.15, -0.1) is 0 Å². The molecule has 2 N–H and O–H groups in total. The van der Waals surface area contributed by atoms with Crippen LogP contribution >= 0.6 is 0 Å². The van der Waals surface area contributed by atoms with Crippen LogP contribution < -0.4 is 15.4 Å². The maximum Gasteiger partial charge on any atom is 0.229 e. The lowest BCUT2D eigenvalue weighted by molar-refractivity contribution is 0.414. The number of rotatable bonds is 8. The Labute approximate surface area is 167 Å². The predicted molar refractivity (Wildman–Crippen MR) is 116 cm³/mol. The van der Waals surface area contributed by atoms with Gasteiger partial charge in [-0.2, -0.15) is 4.98 Å². The van der Waals surface area contributed by atoms with Crippen LogP contribution in [0.2, 0.25) is 0 Å². The Hall–Kier alpha value is -3.08. The number of benzene rings is 2. The van der Waals surface area contributed by atoms with Crippen LogP contribution in [0.5, 0.6) is 5.75 Å². The van der Waals surface area contributed by atoms with Crippen molar-refractivity contribution in [3.8, 4) is 5.75 Å². The standard InChI is InChI=1S/C23H28N4O/c1-16(2)20-7-5-6-17(3)22(20)27-23-25-15-13-21(26-23)24-14-12-18-8-10-19(28-4)11-9-18/h5-11,13,15-16H,12,14H2,1-4H3,(H2,24,25,26,27). The molecule has 0 aliphatic rings. The first kappa shape index (κ1) is 19.7. The molecule has 0 fully saturated rings. The molecule has 0 atom stereocenters. The van der Waals surface area contributed by atoms with E-state index in [2.05, 4.69) is 71.7 Å². The molecule has 5 nitrogen and oxygen atoms in total. The maximum absolute atomic E-state index is 5.20. The number of ether oxygens (including phenoxy) is 1. The highest BCUT2D eigenvalue weighted by Gasteiger charge is 2.10. The number of nitrogens with zero attached hydrogens (tertiary/aromatic N) is 2. The summed E-state index contributed by atoms with van der Waals surface area (Å²) in [7, 11) is 1.68. The molecule has 1 heterocycles. The SMILES string of the molecule is COc1ccc(CCNc2ccnc(Nc3c(C)cccc3C(C)C)n2)cc1. The number of aromatic nitrogens is 2. The van der Waals surface area contributed by atoms with Crippen LogP contribution in [0.15, 0.2) is 54.7 Å². The van der Waals surface area contributed by atoms with E-state index in [1.807, 2.05) is 18.2 Å². The summed E-state index contributed by atoms with van der Waals surface area (Å²) in [6, 6.07) is 16.4. The number of hydrogen-bond donors (Lipinski definition) is 2. The summed E-state index contributed by atoms with van der Waals surface area (Å²) in [6.45, 7) is 7.28. The van der Waals surface area contributed by atoms with Gasteiger partial charge < -0.3 is 15.4 Å². The molecule has 3 rings (SSSR count). The van der Waals surface area contributed by atoms with E-state index in [-0.39, 0.29) is 0 Å². The summed E-state index contributed by atoms with van der Waals surface area (Å²) < 4.78 is 5.20.